The van der Waals surface area contributed by atoms with E-state index in [0.717, 1.165) is 11.4 Å². The second kappa shape index (κ2) is 4.04. The third kappa shape index (κ3) is 1.76. The first-order valence-corrected chi connectivity index (χ1v) is 5.02. The molecule has 0 aliphatic rings. The summed E-state index contributed by atoms with van der Waals surface area (Å²) in [4.78, 5) is 0. The van der Waals surface area contributed by atoms with E-state index < -0.39 is 0 Å². The Balaban J connectivity index is 2.55. The second-order valence-electron chi connectivity index (χ2n) is 3.26. The molecule has 78 valence electrons. The highest BCUT2D eigenvalue weighted by molar-refractivity contribution is 6.30. The lowest BCUT2D eigenvalue weighted by Crippen LogP contribution is -1.96. The lowest BCUT2D eigenvalue weighted by atomic mass is 10.3. The van der Waals surface area contributed by atoms with Gasteiger partial charge in [-0.05, 0) is 19.1 Å². The summed E-state index contributed by atoms with van der Waals surface area (Å²) in [5.41, 5.74) is 2.33. The summed E-state index contributed by atoms with van der Waals surface area (Å²) in [6.07, 6.45) is 0. The number of aryl methyl sites for hydroxylation is 1. The molecule has 0 aliphatic carbocycles. The van der Waals surface area contributed by atoms with Crippen molar-refractivity contribution in [3.63, 3.8) is 0 Å². The summed E-state index contributed by atoms with van der Waals surface area (Å²) >= 11 is 6.10. The molecule has 1 N–H and O–H groups in total. The van der Waals surface area contributed by atoms with Crippen LogP contribution in [0.25, 0.3) is 5.69 Å². The number of para-hydroxylation sites is 1. The van der Waals surface area contributed by atoms with E-state index in [9.17, 15) is 0 Å². The predicted octanol–water partition coefficient (Wildman–Crippen LogP) is 2.33. The summed E-state index contributed by atoms with van der Waals surface area (Å²) in [6.45, 7) is 1.74. The molecule has 1 aromatic carbocycles. The van der Waals surface area contributed by atoms with Gasteiger partial charge in [0.05, 0.1) is 18.0 Å². The van der Waals surface area contributed by atoms with Crippen LogP contribution >= 0.6 is 11.6 Å². The van der Waals surface area contributed by atoms with Crippen molar-refractivity contribution in [3.05, 3.63) is 46.7 Å². The zero-order valence-corrected chi connectivity index (χ0v) is 9.07. The molecule has 0 unspecified atom stereocenters. The molecule has 2 aromatic rings. The topological polar surface area (TPSA) is 38.0 Å². The van der Waals surface area contributed by atoms with Gasteiger partial charge in [0.1, 0.15) is 5.15 Å². The van der Waals surface area contributed by atoms with Crippen LogP contribution in [0.3, 0.4) is 0 Å². The highest BCUT2D eigenvalue weighted by Gasteiger charge is 2.12. The largest absolute Gasteiger partial charge is 0.391 e. The maximum atomic E-state index is 9.12. The van der Waals surface area contributed by atoms with Crippen LogP contribution in [0.15, 0.2) is 30.3 Å². The molecule has 0 fully saturated rings. The van der Waals surface area contributed by atoms with Gasteiger partial charge in [0.25, 0.3) is 0 Å². The van der Waals surface area contributed by atoms with Crippen molar-refractivity contribution in [3.8, 4) is 5.69 Å². The molecule has 4 heteroatoms. The molecule has 0 spiro atoms. The molecule has 1 heterocycles. The number of hydrogen-bond acceptors (Lipinski definition) is 2. The monoisotopic (exact) mass is 222 g/mol. The molecule has 0 saturated carbocycles. The first-order chi connectivity index (χ1) is 7.24. The van der Waals surface area contributed by atoms with Crippen LogP contribution in [0.2, 0.25) is 5.15 Å². The molecule has 0 aliphatic heterocycles. The Bertz CT molecular complexity index is 465. The molecular formula is C11H11ClN2O. The van der Waals surface area contributed by atoms with Gasteiger partial charge in [-0.15, -0.1) is 0 Å². The van der Waals surface area contributed by atoms with E-state index in [0.29, 0.717) is 10.7 Å². The van der Waals surface area contributed by atoms with E-state index in [2.05, 4.69) is 5.10 Å². The van der Waals surface area contributed by atoms with Gasteiger partial charge < -0.3 is 5.11 Å². The van der Waals surface area contributed by atoms with Crippen molar-refractivity contribution < 1.29 is 5.11 Å². The van der Waals surface area contributed by atoms with Gasteiger partial charge in [0.2, 0.25) is 0 Å². The number of benzene rings is 1. The maximum absolute atomic E-state index is 9.12. The van der Waals surface area contributed by atoms with Crippen molar-refractivity contribution in [1.29, 1.82) is 0 Å². The molecule has 0 bridgehead atoms. The molecule has 15 heavy (non-hydrogen) atoms. The number of nitrogens with zero attached hydrogens (tertiary/aromatic N) is 2. The van der Waals surface area contributed by atoms with Crippen molar-refractivity contribution in [2.45, 2.75) is 13.5 Å². The number of aliphatic hydroxyl groups is 1. The Kier molecular flexibility index (Phi) is 2.75. The number of aromatic nitrogens is 2. The molecule has 3 nitrogen and oxygen atoms in total. The number of rotatable bonds is 2. The molecule has 1 aromatic heterocycles. The summed E-state index contributed by atoms with van der Waals surface area (Å²) in [5.74, 6) is 0. The Morgan fingerprint density at radius 3 is 2.53 bits per heavy atom. The van der Waals surface area contributed by atoms with E-state index in [-0.39, 0.29) is 6.61 Å². The summed E-state index contributed by atoms with van der Waals surface area (Å²) in [5, 5.41) is 13.9. The van der Waals surface area contributed by atoms with Gasteiger partial charge in [-0.2, -0.15) is 5.10 Å². The van der Waals surface area contributed by atoms with Gasteiger partial charge >= 0.3 is 0 Å². The highest BCUT2D eigenvalue weighted by atomic mass is 35.5. The first kappa shape index (κ1) is 10.2. The normalized spacial score (nSPS) is 10.6. The maximum Gasteiger partial charge on any atom is 0.138 e. The zero-order chi connectivity index (χ0) is 10.8. The van der Waals surface area contributed by atoms with Crippen LogP contribution in [-0.2, 0) is 6.61 Å². The van der Waals surface area contributed by atoms with Crippen LogP contribution in [0.1, 0.15) is 11.3 Å². The van der Waals surface area contributed by atoms with Crippen molar-refractivity contribution in [2.75, 3.05) is 0 Å². The Labute approximate surface area is 92.9 Å². The second-order valence-corrected chi connectivity index (χ2v) is 3.62. The Morgan fingerprint density at radius 1 is 1.33 bits per heavy atom. The standard InChI is InChI=1S/C11H11ClN2O/c1-8-10(7-15)11(12)14(13-8)9-5-3-2-4-6-9/h2-6,15H,7H2,1H3. The average Bonchev–Trinajstić information content (AvgIpc) is 2.55. The van der Waals surface area contributed by atoms with Gasteiger partial charge in [-0.3, -0.25) is 0 Å². The molecular weight excluding hydrogens is 212 g/mol. The molecule has 0 atom stereocenters. The SMILES string of the molecule is Cc1nn(-c2ccccc2)c(Cl)c1CO. The lowest BCUT2D eigenvalue weighted by Gasteiger charge is -2.01. The van der Waals surface area contributed by atoms with Crippen molar-refractivity contribution in [1.82, 2.24) is 9.78 Å². The quantitative estimate of drug-likeness (QED) is 0.847. The van der Waals surface area contributed by atoms with Crippen molar-refractivity contribution in [2.24, 2.45) is 0 Å². The summed E-state index contributed by atoms with van der Waals surface area (Å²) in [7, 11) is 0. The van der Waals surface area contributed by atoms with Crippen molar-refractivity contribution >= 4 is 11.6 Å². The minimum absolute atomic E-state index is 0.0858. The van der Waals surface area contributed by atoms with Crippen LogP contribution < -0.4 is 0 Å². The molecule has 0 amide bonds. The fourth-order valence-electron chi connectivity index (χ4n) is 1.45. The third-order valence-corrected chi connectivity index (χ3v) is 2.67. The predicted molar refractivity (Wildman–Crippen MR) is 59.2 cm³/mol. The van der Waals surface area contributed by atoms with Crippen LogP contribution in [0.5, 0.6) is 0 Å². The van der Waals surface area contributed by atoms with Crippen LogP contribution in [0, 0.1) is 6.92 Å². The number of aliphatic hydroxyl groups excluding tert-OH is 1. The van der Waals surface area contributed by atoms with Gasteiger partial charge in [-0.1, -0.05) is 29.8 Å². The van der Waals surface area contributed by atoms with Gasteiger partial charge in [-0.25, -0.2) is 4.68 Å². The average molecular weight is 223 g/mol. The Hall–Kier alpha value is -1.32. The molecule has 0 radical (unpaired) electrons. The van der Waals surface area contributed by atoms with E-state index >= 15 is 0 Å². The van der Waals surface area contributed by atoms with Crippen LogP contribution in [0.4, 0.5) is 0 Å². The van der Waals surface area contributed by atoms with E-state index in [1.165, 1.54) is 0 Å². The Morgan fingerprint density at radius 2 is 2.00 bits per heavy atom. The van der Waals surface area contributed by atoms with E-state index in [4.69, 9.17) is 16.7 Å². The van der Waals surface area contributed by atoms with Gasteiger partial charge in [0.15, 0.2) is 0 Å². The lowest BCUT2D eigenvalue weighted by molar-refractivity contribution is 0.281. The highest BCUT2D eigenvalue weighted by Crippen LogP contribution is 2.22. The fraction of sp³-hybridized carbons (Fsp3) is 0.182. The van der Waals surface area contributed by atoms with Gasteiger partial charge in [0, 0.05) is 5.56 Å². The minimum atomic E-state index is -0.0858. The minimum Gasteiger partial charge on any atom is -0.391 e. The number of halogens is 1. The summed E-state index contributed by atoms with van der Waals surface area (Å²) in [6, 6.07) is 9.60. The first-order valence-electron chi connectivity index (χ1n) is 4.64. The zero-order valence-electron chi connectivity index (χ0n) is 8.31. The molecule has 2 rings (SSSR count). The van der Waals surface area contributed by atoms with E-state index in [1.807, 2.05) is 37.3 Å². The number of hydrogen-bond donors (Lipinski definition) is 1. The smallest absolute Gasteiger partial charge is 0.138 e. The molecule has 0 saturated heterocycles. The summed E-state index contributed by atoms with van der Waals surface area (Å²) < 4.78 is 1.63. The third-order valence-electron chi connectivity index (χ3n) is 2.28. The van der Waals surface area contributed by atoms with Crippen LogP contribution in [-0.4, -0.2) is 14.9 Å². The van der Waals surface area contributed by atoms with E-state index in [1.54, 1.807) is 4.68 Å². The fourth-order valence-corrected chi connectivity index (χ4v) is 1.78.